The molecule has 19 heteroatoms. The van der Waals surface area contributed by atoms with Gasteiger partial charge in [-0.3, -0.25) is 14.7 Å². The van der Waals surface area contributed by atoms with Crippen LogP contribution in [0.25, 0.3) is 11.3 Å². The van der Waals surface area contributed by atoms with Gasteiger partial charge in [-0.25, -0.2) is 9.78 Å². The molecule has 5 N–H and O–H groups in total. The van der Waals surface area contributed by atoms with E-state index in [9.17, 15) is 40.7 Å². The third kappa shape index (κ3) is 7.06. The molecule has 1 aliphatic heterocycles. The number of amides is 4. The number of rotatable bonds is 6. The Labute approximate surface area is 262 Å². The first-order valence-corrected chi connectivity index (χ1v) is 14.3. The molecule has 1 saturated heterocycles. The molecule has 5 rings (SSSR count). The smallest absolute Gasteiger partial charge is 0.335 e. The second-order valence-corrected chi connectivity index (χ2v) is 11.5. The van der Waals surface area contributed by atoms with Crippen molar-refractivity contribution in [1.82, 2.24) is 34.9 Å². The van der Waals surface area contributed by atoms with Gasteiger partial charge in [-0.1, -0.05) is 11.6 Å². The second kappa shape index (κ2) is 12.5. The van der Waals surface area contributed by atoms with E-state index in [4.69, 9.17) is 17.3 Å². The molecule has 0 radical (unpaired) electrons. The SMILES string of the molecule is Cn1c(-c2c(C(F)(F)F)n[nH]c2CC(F)(F)F)cnc1C(=O)Nc1ccc(C(=O)N2CCN(C(=O)NC3CC(N)C3)CC2)c(Cl)c1. The average molecular weight is 676 g/mol. The molecule has 0 atom stereocenters. The van der Waals surface area contributed by atoms with Crippen LogP contribution < -0.4 is 16.4 Å². The first-order chi connectivity index (χ1) is 21.5. The van der Waals surface area contributed by atoms with Crippen LogP contribution in [0.5, 0.6) is 0 Å². The van der Waals surface area contributed by atoms with E-state index in [1.54, 1.807) is 10.00 Å². The Bertz CT molecular complexity index is 1640. The summed E-state index contributed by atoms with van der Waals surface area (Å²) in [5.41, 5.74) is 2.28. The van der Waals surface area contributed by atoms with Crippen molar-refractivity contribution in [1.29, 1.82) is 0 Å². The van der Waals surface area contributed by atoms with Gasteiger partial charge in [0.25, 0.3) is 11.8 Å². The number of hydrogen-bond acceptors (Lipinski definition) is 6. The predicted octanol–water partition coefficient (Wildman–Crippen LogP) is 3.80. The zero-order valence-corrected chi connectivity index (χ0v) is 24.9. The van der Waals surface area contributed by atoms with Gasteiger partial charge in [0, 0.05) is 51.0 Å². The molecule has 0 unspecified atom stereocenters. The van der Waals surface area contributed by atoms with Gasteiger partial charge in [0.05, 0.1) is 40.2 Å². The summed E-state index contributed by atoms with van der Waals surface area (Å²) in [4.78, 5) is 45.6. The zero-order chi connectivity index (χ0) is 33.6. The molecule has 1 aliphatic carbocycles. The monoisotopic (exact) mass is 675 g/mol. The van der Waals surface area contributed by atoms with E-state index >= 15 is 0 Å². The Balaban J connectivity index is 1.25. The van der Waals surface area contributed by atoms with Crippen molar-refractivity contribution in [2.75, 3.05) is 31.5 Å². The van der Waals surface area contributed by atoms with Gasteiger partial charge in [-0.05, 0) is 31.0 Å². The lowest BCUT2D eigenvalue weighted by Crippen LogP contribution is -2.57. The quantitative estimate of drug-likeness (QED) is 0.292. The molecule has 12 nitrogen and oxygen atoms in total. The van der Waals surface area contributed by atoms with E-state index < -0.39 is 59.1 Å². The first kappa shape index (κ1) is 33.1. The molecule has 0 spiro atoms. The minimum absolute atomic E-state index is 0.00478. The van der Waals surface area contributed by atoms with E-state index in [0.29, 0.717) is 13.1 Å². The van der Waals surface area contributed by atoms with Crippen LogP contribution in [0.2, 0.25) is 5.02 Å². The molecular formula is C27H28ClF6N9O3. The largest absolute Gasteiger partial charge is 0.435 e. The van der Waals surface area contributed by atoms with Gasteiger partial charge in [0.2, 0.25) is 0 Å². The highest BCUT2D eigenvalue weighted by Crippen LogP contribution is 2.39. The molecule has 3 heterocycles. The molecule has 2 aliphatic rings. The number of benzene rings is 1. The van der Waals surface area contributed by atoms with Crippen LogP contribution in [0, 0.1) is 0 Å². The van der Waals surface area contributed by atoms with Gasteiger partial charge in [-0.2, -0.15) is 31.4 Å². The predicted molar refractivity (Wildman–Crippen MR) is 152 cm³/mol. The number of hydrogen-bond donors (Lipinski definition) is 4. The number of imidazole rings is 1. The molecule has 1 saturated carbocycles. The minimum Gasteiger partial charge on any atom is -0.335 e. The lowest BCUT2D eigenvalue weighted by atomic mass is 9.88. The van der Waals surface area contributed by atoms with Gasteiger partial charge < -0.3 is 30.7 Å². The maximum atomic E-state index is 13.6. The summed E-state index contributed by atoms with van der Waals surface area (Å²) < 4.78 is 80.9. The average Bonchev–Trinajstić information content (AvgIpc) is 3.53. The van der Waals surface area contributed by atoms with Crippen molar-refractivity contribution in [3.63, 3.8) is 0 Å². The van der Waals surface area contributed by atoms with Crippen molar-refractivity contribution < 1.29 is 40.7 Å². The molecule has 4 amide bonds. The van der Waals surface area contributed by atoms with E-state index in [2.05, 4.69) is 20.7 Å². The van der Waals surface area contributed by atoms with Crippen LogP contribution in [0.3, 0.4) is 0 Å². The zero-order valence-electron chi connectivity index (χ0n) is 24.1. The fourth-order valence-corrected chi connectivity index (χ4v) is 5.58. The number of H-pyrrole nitrogens is 1. The summed E-state index contributed by atoms with van der Waals surface area (Å²) in [6.45, 7) is 1.16. The van der Waals surface area contributed by atoms with Crippen LogP contribution >= 0.6 is 11.6 Å². The standard InChI is InChI=1S/C27H28ClF6N9O3/c1-41-19(20-18(11-26(29,30)31)39-40-21(20)27(32,33)34)12-36-22(41)23(44)37-14-2-3-16(17(28)10-14)24(45)42-4-6-43(7-5-42)25(46)38-15-8-13(35)9-15/h2-3,10,12-13,15H,4-9,11,35H2,1H3,(H,37,44)(H,38,46)(H,39,40). The summed E-state index contributed by atoms with van der Waals surface area (Å²) in [6.07, 6.45) is -9.36. The summed E-state index contributed by atoms with van der Waals surface area (Å²) in [7, 11) is 1.17. The van der Waals surface area contributed by atoms with E-state index in [1.165, 1.54) is 30.1 Å². The first-order valence-electron chi connectivity index (χ1n) is 14.0. The van der Waals surface area contributed by atoms with Crippen molar-refractivity contribution in [3.05, 3.63) is 52.2 Å². The Hall–Kier alpha value is -4.32. The third-order valence-corrected chi connectivity index (χ3v) is 8.06. The number of halogens is 7. The number of piperazine rings is 1. The number of nitrogens with zero attached hydrogens (tertiary/aromatic N) is 5. The number of aromatic amines is 1. The maximum Gasteiger partial charge on any atom is 0.435 e. The number of nitrogens with one attached hydrogen (secondary N) is 3. The number of carbonyl (C=O) groups excluding carboxylic acids is 3. The molecule has 3 aromatic rings. The van der Waals surface area contributed by atoms with Crippen LogP contribution in [0.4, 0.5) is 36.8 Å². The highest BCUT2D eigenvalue weighted by atomic mass is 35.5. The summed E-state index contributed by atoms with van der Waals surface area (Å²) in [5, 5.41) is 10.2. The van der Waals surface area contributed by atoms with E-state index in [1.807, 2.05) is 0 Å². The fourth-order valence-electron chi connectivity index (χ4n) is 5.32. The Morgan fingerprint density at radius 3 is 2.30 bits per heavy atom. The molecule has 248 valence electrons. The normalized spacial score (nSPS) is 18.7. The van der Waals surface area contributed by atoms with Gasteiger partial charge >= 0.3 is 18.4 Å². The second-order valence-electron chi connectivity index (χ2n) is 11.0. The lowest BCUT2D eigenvalue weighted by molar-refractivity contribution is -0.140. The molecule has 2 fully saturated rings. The highest BCUT2D eigenvalue weighted by Gasteiger charge is 2.42. The molecule has 2 aromatic heterocycles. The molecule has 46 heavy (non-hydrogen) atoms. The number of nitrogens with two attached hydrogens (primary N) is 1. The minimum atomic E-state index is -5.09. The van der Waals surface area contributed by atoms with Crippen LogP contribution in [-0.4, -0.2) is 91.8 Å². The number of anilines is 1. The summed E-state index contributed by atoms with van der Waals surface area (Å²) >= 11 is 6.36. The van der Waals surface area contributed by atoms with E-state index in [-0.39, 0.29) is 47.5 Å². The van der Waals surface area contributed by atoms with Crippen LogP contribution in [-0.2, 0) is 19.6 Å². The Morgan fingerprint density at radius 2 is 1.72 bits per heavy atom. The highest BCUT2D eigenvalue weighted by molar-refractivity contribution is 6.34. The number of aromatic nitrogens is 4. The van der Waals surface area contributed by atoms with Crippen molar-refractivity contribution in [2.45, 2.75) is 43.7 Å². The van der Waals surface area contributed by atoms with Gasteiger partial charge in [0.15, 0.2) is 11.5 Å². The van der Waals surface area contributed by atoms with Crippen molar-refractivity contribution >= 4 is 35.1 Å². The fraction of sp³-hybridized carbons (Fsp3) is 0.444. The van der Waals surface area contributed by atoms with Gasteiger partial charge in [0.1, 0.15) is 0 Å². The number of alkyl halides is 6. The lowest BCUT2D eigenvalue weighted by Gasteiger charge is -2.38. The summed E-state index contributed by atoms with van der Waals surface area (Å²) in [5.74, 6) is -1.71. The molecular weight excluding hydrogens is 648 g/mol. The van der Waals surface area contributed by atoms with Crippen molar-refractivity contribution in [3.8, 4) is 11.3 Å². The van der Waals surface area contributed by atoms with Gasteiger partial charge in [-0.15, -0.1) is 0 Å². The number of carbonyl (C=O) groups is 3. The topological polar surface area (TPSA) is 154 Å². The third-order valence-electron chi connectivity index (χ3n) is 7.75. The number of urea groups is 1. The van der Waals surface area contributed by atoms with Crippen LogP contribution in [0.15, 0.2) is 24.4 Å². The Morgan fingerprint density at radius 1 is 1.07 bits per heavy atom. The molecule has 1 aromatic carbocycles. The molecule has 0 bridgehead atoms. The van der Waals surface area contributed by atoms with Crippen molar-refractivity contribution in [2.24, 2.45) is 12.8 Å². The Kier molecular flexibility index (Phi) is 8.96. The van der Waals surface area contributed by atoms with E-state index in [0.717, 1.165) is 23.6 Å². The summed E-state index contributed by atoms with van der Waals surface area (Å²) in [6, 6.07) is 3.99. The van der Waals surface area contributed by atoms with Crippen LogP contribution in [0.1, 0.15) is 45.2 Å². The maximum absolute atomic E-state index is 13.6.